The summed E-state index contributed by atoms with van der Waals surface area (Å²) in [5, 5.41) is 22.8. The molecule has 0 aliphatic heterocycles. The molecule has 20 heavy (non-hydrogen) atoms. The summed E-state index contributed by atoms with van der Waals surface area (Å²) < 4.78 is 0. The molecule has 1 saturated carbocycles. The second-order valence-corrected chi connectivity index (χ2v) is 5.21. The summed E-state index contributed by atoms with van der Waals surface area (Å²) in [6, 6.07) is 1.25. The van der Waals surface area contributed by atoms with Gasteiger partial charge in [-0.05, 0) is 18.9 Å². The number of nitrogens with one attached hydrogen (secondary N) is 1. The lowest BCUT2D eigenvalue weighted by Crippen LogP contribution is -2.49. The van der Waals surface area contributed by atoms with Gasteiger partial charge in [-0.2, -0.15) is 0 Å². The third-order valence-corrected chi connectivity index (χ3v) is 3.83. The van der Waals surface area contributed by atoms with Crippen molar-refractivity contribution in [3.8, 4) is 0 Å². The van der Waals surface area contributed by atoms with E-state index in [4.69, 9.17) is 11.6 Å². The molecule has 2 rings (SSSR count). The van der Waals surface area contributed by atoms with Crippen LogP contribution < -0.4 is 5.32 Å². The summed E-state index contributed by atoms with van der Waals surface area (Å²) in [5.74, 6) is -0.614. The quantitative estimate of drug-likeness (QED) is 0.500. The van der Waals surface area contributed by atoms with Crippen LogP contribution in [-0.4, -0.2) is 33.1 Å². The normalized spacial score (nSPS) is 16.9. The highest BCUT2D eigenvalue weighted by Gasteiger charge is 2.36. The fourth-order valence-corrected chi connectivity index (χ4v) is 2.70. The van der Waals surface area contributed by atoms with Gasteiger partial charge in [-0.1, -0.05) is 24.4 Å². The predicted octanol–water partition coefficient (Wildman–Crippen LogP) is 1.68. The van der Waals surface area contributed by atoms with Crippen molar-refractivity contribution in [2.45, 2.75) is 31.2 Å². The predicted molar refractivity (Wildman–Crippen MR) is 71.7 cm³/mol. The molecule has 0 saturated heterocycles. The molecule has 0 bridgehead atoms. The topological polar surface area (TPSA) is 105 Å². The van der Waals surface area contributed by atoms with Crippen molar-refractivity contribution in [3.63, 3.8) is 0 Å². The summed E-state index contributed by atoms with van der Waals surface area (Å²) in [4.78, 5) is 26.1. The number of hydrogen-bond acceptors (Lipinski definition) is 5. The summed E-state index contributed by atoms with van der Waals surface area (Å²) in [6.07, 6.45) is 4.36. The first kappa shape index (κ1) is 14.7. The number of halogens is 1. The Morgan fingerprint density at radius 2 is 2.20 bits per heavy atom. The van der Waals surface area contributed by atoms with Gasteiger partial charge in [0.15, 0.2) is 0 Å². The van der Waals surface area contributed by atoms with Gasteiger partial charge in [-0.25, -0.2) is 4.98 Å². The van der Waals surface area contributed by atoms with Crippen molar-refractivity contribution in [2.75, 3.05) is 6.61 Å². The van der Waals surface area contributed by atoms with E-state index in [0.29, 0.717) is 12.8 Å². The number of aromatic nitrogens is 1. The smallest absolute Gasteiger partial charge is 0.319 e. The molecule has 0 radical (unpaired) electrons. The van der Waals surface area contributed by atoms with Crippen LogP contribution in [0.5, 0.6) is 0 Å². The standard InChI is InChI=1S/C12H14ClN3O4/c13-10-9(16(19)20)8(3-6-14-10)11(18)15-12(7-17)4-1-2-5-12/h3,6,17H,1-2,4-5,7H2,(H,15,18). The van der Waals surface area contributed by atoms with Crippen molar-refractivity contribution in [2.24, 2.45) is 0 Å². The molecule has 0 atom stereocenters. The van der Waals surface area contributed by atoms with Gasteiger partial charge in [0.05, 0.1) is 17.1 Å². The molecule has 8 heteroatoms. The summed E-state index contributed by atoms with van der Waals surface area (Å²) >= 11 is 5.67. The van der Waals surface area contributed by atoms with E-state index in [1.807, 2.05) is 0 Å². The molecule has 0 aromatic carbocycles. The monoisotopic (exact) mass is 299 g/mol. The van der Waals surface area contributed by atoms with Crippen LogP contribution in [0.3, 0.4) is 0 Å². The molecule has 2 N–H and O–H groups in total. The molecular formula is C12H14ClN3O4. The highest BCUT2D eigenvalue weighted by Crippen LogP contribution is 2.31. The molecule has 0 spiro atoms. The van der Waals surface area contributed by atoms with Crippen molar-refractivity contribution >= 4 is 23.2 Å². The number of aliphatic hydroxyl groups is 1. The largest absolute Gasteiger partial charge is 0.394 e. The molecule has 7 nitrogen and oxygen atoms in total. The van der Waals surface area contributed by atoms with E-state index < -0.39 is 22.1 Å². The summed E-state index contributed by atoms with van der Waals surface area (Å²) in [5.41, 5.74) is -1.35. The zero-order valence-corrected chi connectivity index (χ0v) is 11.4. The summed E-state index contributed by atoms with van der Waals surface area (Å²) in [7, 11) is 0. The number of carbonyl (C=O) groups is 1. The molecule has 1 amide bonds. The Hall–Kier alpha value is -1.73. The number of nitro groups is 1. The highest BCUT2D eigenvalue weighted by atomic mass is 35.5. The van der Waals surface area contributed by atoms with Gasteiger partial charge in [-0.15, -0.1) is 0 Å². The first-order valence-electron chi connectivity index (χ1n) is 6.21. The van der Waals surface area contributed by atoms with Crippen LogP contribution in [0.2, 0.25) is 5.15 Å². The average molecular weight is 300 g/mol. The summed E-state index contributed by atoms with van der Waals surface area (Å²) in [6.45, 7) is -0.189. The lowest BCUT2D eigenvalue weighted by Gasteiger charge is -2.27. The SMILES string of the molecule is O=C(NC1(CO)CCCC1)c1ccnc(Cl)c1[N+](=O)[O-]. The molecule has 1 aromatic heterocycles. The minimum atomic E-state index is -0.732. The third-order valence-electron chi connectivity index (χ3n) is 3.55. The van der Waals surface area contributed by atoms with Gasteiger partial charge < -0.3 is 10.4 Å². The molecule has 1 fully saturated rings. The van der Waals surface area contributed by atoms with E-state index in [-0.39, 0.29) is 17.3 Å². The molecule has 108 valence electrons. The van der Waals surface area contributed by atoms with Crippen LogP contribution in [0, 0.1) is 10.1 Å². The molecule has 1 aliphatic carbocycles. The number of aliphatic hydroxyl groups excluding tert-OH is 1. The zero-order chi connectivity index (χ0) is 14.8. The third kappa shape index (κ3) is 2.73. The van der Waals surface area contributed by atoms with E-state index >= 15 is 0 Å². The van der Waals surface area contributed by atoms with Crippen LogP contribution >= 0.6 is 11.6 Å². The van der Waals surface area contributed by atoms with E-state index in [1.54, 1.807) is 0 Å². The maximum absolute atomic E-state index is 12.2. The van der Waals surface area contributed by atoms with Gasteiger partial charge in [0.1, 0.15) is 5.56 Å². The number of rotatable bonds is 4. The van der Waals surface area contributed by atoms with Crippen molar-refractivity contribution in [3.05, 3.63) is 33.1 Å². The fourth-order valence-electron chi connectivity index (χ4n) is 2.47. The number of hydrogen-bond donors (Lipinski definition) is 2. The van der Waals surface area contributed by atoms with E-state index in [0.717, 1.165) is 12.8 Å². The Morgan fingerprint density at radius 3 is 2.75 bits per heavy atom. The van der Waals surface area contributed by atoms with Gasteiger partial charge in [-0.3, -0.25) is 14.9 Å². The number of pyridine rings is 1. The van der Waals surface area contributed by atoms with Crippen LogP contribution in [0.25, 0.3) is 0 Å². The Bertz CT molecular complexity index is 544. The number of amides is 1. The lowest BCUT2D eigenvalue weighted by atomic mass is 9.98. The van der Waals surface area contributed by atoms with Gasteiger partial charge in [0, 0.05) is 6.20 Å². The molecular weight excluding hydrogens is 286 g/mol. The molecule has 1 aliphatic rings. The maximum Gasteiger partial charge on any atom is 0.319 e. The van der Waals surface area contributed by atoms with E-state index in [9.17, 15) is 20.0 Å². The Kier molecular flexibility index (Phi) is 4.20. The van der Waals surface area contributed by atoms with Gasteiger partial charge >= 0.3 is 5.69 Å². The molecule has 1 aromatic rings. The Labute approximate surface area is 120 Å². The lowest BCUT2D eigenvalue weighted by molar-refractivity contribution is -0.385. The Morgan fingerprint density at radius 1 is 1.55 bits per heavy atom. The minimum Gasteiger partial charge on any atom is -0.394 e. The number of nitrogens with zero attached hydrogens (tertiary/aromatic N) is 2. The van der Waals surface area contributed by atoms with Crippen LogP contribution in [0.4, 0.5) is 5.69 Å². The van der Waals surface area contributed by atoms with E-state index in [2.05, 4.69) is 10.3 Å². The molecule has 0 unspecified atom stereocenters. The second kappa shape index (κ2) is 5.72. The second-order valence-electron chi connectivity index (χ2n) is 4.85. The highest BCUT2D eigenvalue weighted by molar-refractivity contribution is 6.32. The van der Waals surface area contributed by atoms with Crippen molar-refractivity contribution in [1.29, 1.82) is 0 Å². The van der Waals surface area contributed by atoms with Crippen LogP contribution in [0.15, 0.2) is 12.3 Å². The Balaban J connectivity index is 2.30. The van der Waals surface area contributed by atoms with Crippen molar-refractivity contribution in [1.82, 2.24) is 10.3 Å². The average Bonchev–Trinajstić information content (AvgIpc) is 2.87. The maximum atomic E-state index is 12.2. The van der Waals surface area contributed by atoms with Gasteiger partial charge in [0.2, 0.25) is 5.15 Å². The van der Waals surface area contributed by atoms with Crippen molar-refractivity contribution < 1.29 is 14.8 Å². The van der Waals surface area contributed by atoms with Gasteiger partial charge in [0.25, 0.3) is 5.91 Å². The minimum absolute atomic E-state index is 0.144. The van der Waals surface area contributed by atoms with E-state index in [1.165, 1.54) is 12.3 Å². The number of carbonyl (C=O) groups excluding carboxylic acids is 1. The first-order chi connectivity index (χ1) is 9.49. The molecule has 1 heterocycles. The first-order valence-corrected chi connectivity index (χ1v) is 6.59. The zero-order valence-electron chi connectivity index (χ0n) is 10.6. The van der Waals surface area contributed by atoms with Crippen LogP contribution in [0.1, 0.15) is 36.0 Å². The fraction of sp³-hybridized carbons (Fsp3) is 0.500. The van der Waals surface area contributed by atoms with Crippen LogP contribution in [-0.2, 0) is 0 Å².